The number of thiazole rings is 1. The van der Waals surface area contributed by atoms with Crippen LogP contribution in [-0.2, 0) is 32.2 Å². The van der Waals surface area contributed by atoms with E-state index >= 15 is 0 Å². The van der Waals surface area contributed by atoms with Gasteiger partial charge in [-0.15, -0.1) is 0 Å². The molecule has 1 N–H and O–H groups in total. The van der Waals surface area contributed by atoms with Crippen LogP contribution in [0, 0.1) is 10.1 Å². The van der Waals surface area contributed by atoms with Crippen molar-refractivity contribution in [3.8, 4) is 0 Å². The van der Waals surface area contributed by atoms with Gasteiger partial charge in [-0.25, -0.2) is 18.2 Å². The molecule has 4 aromatic rings. The number of non-ortho nitro benzene ring substituents is 1. The van der Waals surface area contributed by atoms with Crippen molar-refractivity contribution in [2.75, 3.05) is 11.9 Å². The fraction of sp³-hybridized carbons (Fsp3) is 0.200. The van der Waals surface area contributed by atoms with Crippen molar-refractivity contribution in [3.63, 3.8) is 0 Å². The molecule has 1 amide bonds. The summed E-state index contributed by atoms with van der Waals surface area (Å²) in [5.41, 5.74) is 2.59. The Bertz CT molecular complexity index is 1680. The van der Waals surface area contributed by atoms with Gasteiger partial charge in [-0.2, -0.15) is 0 Å². The number of hydrogen-bond acceptors (Lipinski definition) is 10. The Morgan fingerprint density at radius 3 is 2.58 bits per heavy atom. The predicted molar refractivity (Wildman–Crippen MR) is 138 cm³/mol. The number of nitro groups is 1. The number of rotatable bonds is 7. The minimum atomic E-state index is -4.00. The van der Waals surface area contributed by atoms with Gasteiger partial charge in [-0.1, -0.05) is 29.5 Å². The summed E-state index contributed by atoms with van der Waals surface area (Å²) in [6.45, 7) is -0.589. The lowest BCUT2D eigenvalue weighted by Gasteiger charge is -2.19. The molecule has 194 valence electrons. The van der Waals surface area contributed by atoms with Gasteiger partial charge < -0.3 is 4.74 Å². The average molecular weight is 553 g/mol. The van der Waals surface area contributed by atoms with E-state index in [0.717, 1.165) is 61.0 Å². The highest BCUT2D eigenvalue weighted by Gasteiger charge is 2.25. The molecule has 2 aromatic heterocycles. The molecule has 5 rings (SSSR count). The maximum absolute atomic E-state index is 13.1. The van der Waals surface area contributed by atoms with Crippen LogP contribution in [0.2, 0.25) is 0 Å². The first kappa shape index (κ1) is 25.4. The highest BCUT2D eigenvalue weighted by atomic mass is 32.2. The zero-order valence-corrected chi connectivity index (χ0v) is 21.4. The van der Waals surface area contributed by atoms with Gasteiger partial charge in [0.2, 0.25) is 9.84 Å². The van der Waals surface area contributed by atoms with Crippen LogP contribution < -0.4 is 5.32 Å². The number of pyridine rings is 1. The Balaban J connectivity index is 1.27. The van der Waals surface area contributed by atoms with Crippen LogP contribution in [-0.4, -0.2) is 41.8 Å². The van der Waals surface area contributed by atoms with E-state index < -0.39 is 33.2 Å². The smallest absolute Gasteiger partial charge is 0.339 e. The molecule has 1 aliphatic carbocycles. The van der Waals surface area contributed by atoms with E-state index in [1.165, 1.54) is 0 Å². The van der Waals surface area contributed by atoms with Gasteiger partial charge in [0.15, 0.2) is 11.7 Å². The van der Waals surface area contributed by atoms with Crippen LogP contribution in [0.5, 0.6) is 0 Å². The number of aryl methyl sites for hydroxylation is 1. The van der Waals surface area contributed by atoms with Gasteiger partial charge in [0.25, 0.3) is 11.6 Å². The quantitative estimate of drug-likeness (QED) is 0.202. The van der Waals surface area contributed by atoms with Crippen molar-refractivity contribution in [2.24, 2.45) is 0 Å². The first-order valence-electron chi connectivity index (χ1n) is 11.6. The number of carbonyl (C=O) groups excluding carboxylic acids is 2. The second-order valence-electron chi connectivity index (χ2n) is 8.50. The maximum atomic E-state index is 13.1. The third-order valence-electron chi connectivity index (χ3n) is 6.06. The van der Waals surface area contributed by atoms with Crippen molar-refractivity contribution < 1.29 is 27.7 Å². The summed E-state index contributed by atoms with van der Waals surface area (Å²) < 4.78 is 30.8. The number of benzene rings is 2. The number of sulfone groups is 1. The molecule has 0 atom stereocenters. The number of nitro benzene ring substituents is 1. The first-order valence-corrected chi connectivity index (χ1v) is 13.9. The Morgan fingerprint density at radius 2 is 1.82 bits per heavy atom. The van der Waals surface area contributed by atoms with Crippen molar-refractivity contribution >= 4 is 54.8 Å². The molecule has 1 aliphatic rings. The molecule has 2 heterocycles. The third kappa shape index (κ3) is 4.97. The van der Waals surface area contributed by atoms with Crippen LogP contribution in [0.15, 0.2) is 63.8 Å². The normalized spacial score (nSPS) is 13.1. The average Bonchev–Trinajstić information content (AvgIpc) is 3.39. The van der Waals surface area contributed by atoms with E-state index in [1.54, 1.807) is 6.07 Å². The minimum Gasteiger partial charge on any atom is -0.452 e. The summed E-state index contributed by atoms with van der Waals surface area (Å²) in [4.78, 5) is 44.2. The molecule has 13 heteroatoms. The highest BCUT2D eigenvalue weighted by Crippen LogP contribution is 2.31. The molecule has 0 aliphatic heterocycles. The fourth-order valence-corrected chi connectivity index (χ4v) is 6.72. The van der Waals surface area contributed by atoms with E-state index in [0.29, 0.717) is 34.2 Å². The van der Waals surface area contributed by atoms with Crippen LogP contribution in [0.4, 0.5) is 10.8 Å². The molecule has 0 fully saturated rings. The summed E-state index contributed by atoms with van der Waals surface area (Å²) in [6, 6.07) is 11.7. The summed E-state index contributed by atoms with van der Waals surface area (Å²) >= 11 is 0.711. The molecule has 0 saturated carbocycles. The highest BCUT2D eigenvalue weighted by molar-refractivity contribution is 7.93. The van der Waals surface area contributed by atoms with Crippen LogP contribution >= 0.6 is 11.3 Å². The molecule has 0 unspecified atom stereocenters. The molecular weight excluding hydrogens is 532 g/mol. The summed E-state index contributed by atoms with van der Waals surface area (Å²) in [5, 5.41) is 13.9. The van der Waals surface area contributed by atoms with E-state index in [1.807, 2.05) is 18.2 Å². The Kier molecular flexibility index (Phi) is 6.87. The second-order valence-corrected chi connectivity index (χ2v) is 11.7. The van der Waals surface area contributed by atoms with Crippen molar-refractivity contribution in [1.82, 2.24) is 9.97 Å². The number of nitrogens with zero attached hydrogens (tertiary/aromatic N) is 3. The molecular formula is C25H20N4O7S2. The van der Waals surface area contributed by atoms with Gasteiger partial charge in [-0.3, -0.25) is 25.2 Å². The fourth-order valence-electron chi connectivity index (χ4n) is 4.27. The largest absolute Gasteiger partial charge is 0.452 e. The van der Waals surface area contributed by atoms with Crippen molar-refractivity contribution in [2.45, 2.75) is 34.8 Å². The molecule has 0 bridgehead atoms. The van der Waals surface area contributed by atoms with Crippen molar-refractivity contribution in [1.29, 1.82) is 0 Å². The summed E-state index contributed by atoms with van der Waals surface area (Å²) in [6.07, 6.45) is 4.48. The number of carbonyl (C=O) groups is 2. The van der Waals surface area contributed by atoms with Crippen LogP contribution in [0.1, 0.15) is 34.5 Å². The lowest BCUT2D eigenvalue weighted by molar-refractivity contribution is -0.384. The number of fused-ring (bicyclic) bond motifs is 2. The monoisotopic (exact) mass is 552 g/mol. The zero-order chi connectivity index (χ0) is 26.9. The Morgan fingerprint density at radius 1 is 1.08 bits per heavy atom. The van der Waals surface area contributed by atoms with Gasteiger partial charge >= 0.3 is 5.97 Å². The van der Waals surface area contributed by atoms with Gasteiger partial charge in [-0.05, 0) is 49.4 Å². The number of ether oxygens (including phenoxy) is 1. The maximum Gasteiger partial charge on any atom is 0.339 e. The second kappa shape index (κ2) is 10.3. The number of amides is 1. The topological polar surface area (TPSA) is 158 Å². The number of hydrogen-bond donors (Lipinski definition) is 1. The molecule has 0 spiro atoms. The lowest BCUT2D eigenvalue weighted by Crippen LogP contribution is -2.22. The van der Waals surface area contributed by atoms with Crippen LogP contribution in [0.3, 0.4) is 0 Å². The molecule has 11 nitrogen and oxygen atoms in total. The SMILES string of the molecule is O=C(COC(=O)c1c2c(nc3ccccc13)CCCC2)Nc1ncc(S(=O)(=O)c2ccc([N+](=O)[O-])cc2)s1. The van der Waals surface area contributed by atoms with E-state index in [2.05, 4.69) is 10.3 Å². The third-order valence-corrected chi connectivity index (χ3v) is 9.20. The lowest BCUT2D eigenvalue weighted by atomic mass is 9.90. The number of anilines is 1. The number of aromatic nitrogens is 2. The minimum absolute atomic E-state index is 0.00160. The summed E-state index contributed by atoms with van der Waals surface area (Å²) in [5.74, 6) is -1.31. The standard InChI is InChI=1S/C25H20N4O7S2/c30-21(28-25-26-13-22(37-25)38(34,35)16-11-9-15(10-12-16)29(32)33)14-36-24(31)23-17-5-1-3-7-19(17)27-20-8-4-2-6-18(20)23/h1,3,5,7,9-13H,2,4,6,8,14H2,(H,26,28,30). The summed E-state index contributed by atoms with van der Waals surface area (Å²) in [7, 11) is -4.00. The first-order chi connectivity index (χ1) is 18.2. The molecule has 0 saturated heterocycles. The molecule has 0 radical (unpaired) electrons. The van der Waals surface area contributed by atoms with Crippen molar-refractivity contribution in [3.05, 3.63) is 81.7 Å². The number of nitrogens with one attached hydrogen (secondary N) is 1. The molecule has 2 aromatic carbocycles. The van der Waals surface area contributed by atoms with Gasteiger partial charge in [0, 0.05) is 23.2 Å². The van der Waals surface area contributed by atoms with Gasteiger partial charge in [0.1, 0.15) is 4.21 Å². The van der Waals surface area contributed by atoms with Crippen LogP contribution in [0.25, 0.3) is 10.9 Å². The predicted octanol–water partition coefficient (Wildman–Crippen LogP) is 4.11. The Hall–Kier alpha value is -4.23. The van der Waals surface area contributed by atoms with E-state index in [-0.39, 0.29) is 19.9 Å². The number of esters is 1. The molecule has 38 heavy (non-hydrogen) atoms. The van der Waals surface area contributed by atoms with Gasteiger partial charge in [0.05, 0.1) is 27.1 Å². The Labute approximate surface area is 220 Å². The van der Waals surface area contributed by atoms with E-state index in [4.69, 9.17) is 9.72 Å². The van der Waals surface area contributed by atoms with E-state index in [9.17, 15) is 28.1 Å². The number of para-hydroxylation sites is 1. The zero-order valence-electron chi connectivity index (χ0n) is 19.7.